The van der Waals surface area contributed by atoms with Crippen LogP contribution in [0.4, 0.5) is 5.82 Å². The molecule has 0 amide bonds. The van der Waals surface area contributed by atoms with E-state index in [-0.39, 0.29) is 5.84 Å². The maximum absolute atomic E-state index is 7.61. The van der Waals surface area contributed by atoms with Gasteiger partial charge in [0.05, 0.1) is 5.56 Å². The third kappa shape index (κ3) is 2.81. The first-order chi connectivity index (χ1) is 8.72. The number of piperidine rings is 1. The van der Waals surface area contributed by atoms with Crippen LogP contribution in [-0.4, -0.2) is 23.9 Å². The zero-order chi connectivity index (χ0) is 13.0. The quantitative estimate of drug-likeness (QED) is 0.633. The van der Waals surface area contributed by atoms with Gasteiger partial charge in [0.1, 0.15) is 11.7 Å². The summed E-state index contributed by atoms with van der Waals surface area (Å²) >= 11 is 0. The molecule has 2 heterocycles. The molecule has 18 heavy (non-hydrogen) atoms. The molecule has 1 fully saturated rings. The Kier molecular flexibility index (Phi) is 4.18. The maximum atomic E-state index is 7.61. The van der Waals surface area contributed by atoms with Crippen LogP contribution in [0.1, 0.15) is 38.2 Å². The summed E-state index contributed by atoms with van der Waals surface area (Å²) < 4.78 is 0. The van der Waals surface area contributed by atoms with Gasteiger partial charge in [0.25, 0.3) is 0 Å². The van der Waals surface area contributed by atoms with Crippen LogP contribution in [0.25, 0.3) is 0 Å². The highest BCUT2D eigenvalue weighted by molar-refractivity contribution is 5.99. The number of amidine groups is 1. The Labute approximate surface area is 109 Å². The number of rotatable bonds is 4. The van der Waals surface area contributed by atoms with Crippen molar-refractivity contribution in [2.75, 3.05) is 18.0 Å². The highest BCUT2D eigenvalue weighted by atomic mass is 15.2. The predicted octanol–water partition coefficient (Wildman–Crippen LogP) is 2.38. The van der Waals surface area contributed by atoms with Crippen LogP contribution in [0.3, 0.4) is 0 Å². The van der Waals surface area contributed by atoms with E-state index in [1.165, 1.54) is 25.7 Å². The number of nitrogens with one attached hydrogen (secondary N) is 1. The van der Waals surface area contributed by atoms with E-state index in [0.29, 0.717) is 0 Å². The second kappa shape index (κ2) is 5.85. The largest absolute Gasteiger partial charge is 0.384 e. The van der Waals surface area contributed by atoms with E-state index < -0.39 is 0 Å². The molecule has 1 aliphatic heterocycles. The molecule has 0 aromatic carbocycles. The summed E-state index contributed by atoms with van der Waals surface area (Å²) in [5.74, 6) is 1.84. The third-order valence-corrected chi connectivity index (χ3v) is 3.69. The van der Waals surface area contributed by atoms with E-state index in [1.807, 2.05) is 12.1 Å². The van der Waals surface area contributed by atoms with Crippen molar-refractivity contribution >= 4 is 11.7 Å². The third-order valence-electron chi connectivity index (χ3n) is 3.69. The Morgan fingerprint density at radius 2 is 2.22 bits per heavy atom. The van der Waals surface area contributed by atoms with Gasteiger partial charge in [0.15, 0.2) is 0 Å². The molecule has 1 aliphatic rings. The van der Waals surface area contributed by atoms with Gasteiger partial charge >= 0.3 is 0 Å². The number of nitrogen functional groups attached to an aromatic ring is 1. The lowest BCUT2D eigenvalue weighted by molar-refractivity contribution is 0.377. The summed E-state index contributed by atoms with van der Waals surface area (Å²) in [6, 6.07) is 3.72. The molecule has 0 spiro atoms. The van der Waals surface area contributed by atoms with Gasteiger partial charge in [0.2, 0.25) is 0 Å². The maximum Gasteiger partial charge on any atom is 0.139 e. The summed E-state index contributed by atoms with van der Waals surface area (Å²) in [6.45, 7) is 4.31. The van der Waals surface area contributed by atoms with E-state index in [0.717, 1.165) is 30.4 Å². The minimum atomic E-state index is 0.105. The zero-order valence-corrected chi connectivity index (χ0v) is 11.0. The number of nitrogens with two attached hydrogens (primary N) is 1. The van der Waals surface area contributed by atoms with Crippen LogP contribution in [0.15, 0.2) is 18.3 Å². The normalized spacial score (nSPS) is 16.8. The fourth-order valence-corrected chi connectivity index (χ4v) is 2.70. The lowest BCUT2D eigenvalue weighted by Gasteiger charge is -2.33. The standard InChI is InChI=1S/C14H22N4/c1-2-4-11-6-9-18(10-7-11)14-12(13(15)16)5-3-8-17-14/h3,5,8,11H,2,4,6-7,9-10H2,1H3,(H3,15,16). The van der Waals surface area contributed by atoms with Gasteiger partial charge in [-0.05, 0) is 30.9 Å². The van der Waals surface area contributed by atoms with Crippen LogP contribution in [0.2, 0.25) is 0 Å². The molecular weight excluding hydrogens is 224 g/mol. The monoisotopic (exact) mass is 246 g/mol. The number of anilines is 1. The summed E-state index contributed by atoms with van der Waals surface area (Å²) in [5.41, 5.74) is 6.37. The molecule has 0 radical (unpaired) electrons. The second-order valence-corrected chi connectivity index (χ2v) is 5.01. The van der Waals surface area contributed by atoms with Crippen molar-refractivity contribution in [1.82, 2.24) is 4.98 Å². The number of hydrogen-bond donors (Lipinski definition) is 2. The van der Waals surface area contributed by atoms with Gasteiger partial charge in [-0.25, -0.2) is 4.98 Å². The molecule has 0 unspecified atom stereocenters. The molecule has 0 atom stereocenters. The molecule has 0 saturated carbocycles. The first-order valence-electron chi connectivity index (χ1n) is 6.76. The number of nitrogens with zero attached hydrogens (tertiary/aromatic N) is 2. The zero-order valence-electron chi connectivity index (χ0n) is 11.0. The first kappa shape index (κ1) is 12.9. The summed E-state index contributed by atoms with van der Waals surface area (Å²) in [6.07, 6.45) is 6.83. The van der Waals surface area contributed by atoms with Gasteiger partial charge in [-0.1, -0.05) is 19.8 Å². The van der Waals surface area contributed by atoms with Crippen molar-refractivity contribution in [3.63, 3.8) is 0 Å². The van der Waals surface area contributed by atoms with Crippen molar-refractivity contribution in [2.45, 2.75) is 32.6 Å². The molecule has 0 bridgehead atoms. The molecule has 0 aliphatic carbocycles. The van der Waals surface area contributed by atoms with Crippen LogP contribution >= 0.6 is 0 Å². The molecule has 1 saturated heterocycles. The number of pyridine rings is 1. The number of aromatic nitrogens is 1. The average Bonchev–Trinajstić information content (AvgIpc) is 2.40. The first-order valence-corrected chi connectivity index (χ1v) is 6.76. The second-order valence-electron chi connectivity index (χ2n) is 5.01. The Bertz CT molecular complexity index is 408. The Balaban J connectivity index is 2.07. The van der Waals surface area contributed by atoms with Crippen molar-refractivity contribution in [2.24, 2.45) is 11.7 Å². The van der Waals surface area contributed by atoms with Crippen LogP contribution in [0, 0.1) is 11.3 Å². The minimum absolute atomic E-state index is 0.105. The lowest BCUT2D eigenvalue weighted by atomic mass is 9.92. The van der Waals surface area contributed by atoms with Gasteiger partial charge in [-0.3, -0.25) is 5.41 Å². The van der Waals surface area contributed by atoms with Crippen molar-refractivity contribution in [3.05, 3.63) is 23.9 Å². The summed E-state index contributed by atoms with van der Waals surface area (Å²) in [7, 11) is 0. The average molecular weight is 246 g/mol. The van der Waals surface area contributed by atoms with E-state index in [2.05, 4.69) is 16.8 Å². The van der Waals surface area contributed by atoms with E-state index >= 15 is 0 Å². The Morgan fingerprint density at radius 3 is 2.83 bits per heavy atom. The molecule has 4 nitrogen and oxygen atoms in total. The molecule has 1 aromatic heterocycles. The van der Waals surface area contributed by atoms with Crippen LogP contribution in [-0.2, 0) is 0 Å². The topological polar surface area (TPSA) is 66.0 Å². The molecule has 2 rings (SSSR count). The van der Waals surface area contributed by atoms with Gasteiger partial charge in [-0.15, -0.1) is 0 Å². The smallest absolute Gasteiger partial charge is 0.139 e. The van der Waals surface area contributed by atoms with Crippen molar-refractivity contribution < 1.29 is 0 Å². The van der Waals surface area contributed by atoms with E-state index in [1.54, 1.807) is 6.20 Å². The molecule has 98 valence electrons. The van der Waals surface area contributed by atoms with Crippen LogP contribution in [0.5, 0.6) is 0 Å². The van der Waals surface area contributed by atoms with E-state index in [9.17, 15) is 0 Å². The number of hydrogen-bond acceptors (Lipinski definition) is 3. The summed E-state index contributed by atoms with van der Waals surface area (Å²) in [5, 5.41) is 7.61. The Hall–Kier alpha value is -1.58. The molecule has 4 heteroatoms. The Morgan fingerprint density at radius 1 is 1.50 bits per heavy atom. The lowest BCUT2D eigenvalue weighted by Crippen LogP contribution is -2.35. The van der Waals surface area contributed by atoms with E-state index in [4.69, 9.17) is 11.1 Å². The van der Waals surface area contributed by atoms with Crippen LogP contribution < -0.4 is 10.6 Å². The minimum Gasteiger partial charge on any atom is -0.384 e. The van der Waals surface area contributed by atoms with Gasteiger partial charge in [-0.2, -0.15) is 0 Å². The van der Waals surface area contributed by atoms with Gasteiger partial charge < -0.3 is 10.6 Å². The van der Waals surface area contributed by atoms with Gasteiger partial charge in [0, 0.05) is 19.3 Å². The fourth-order valence-electron chi connectivity index (χ4n) is 2.70. The highest BCUT2D eigenvalue weighted by Crippen LogP contribution is 2.26. The van der Waals surface area contributed by atoms with Crippen molar-refractivity contribution in [1.29, 1.82) is 5.41 Å². The molecule has 1 aromatic rings. The summed E-state index contributed by atoms with van der Waals surface area (Å²) in [4.78, 5) is 6.67. The fraction of sp³-hybridized carbons (Fsp3) is 0.571. The highest BCUT2D eigenvalue weighted by Gasteiger charge is 2.21. The predicted molar refractivity (Wildman–Crippen MR) is 75.1 cm³/mol. The van der Waals surface area contributed by atoms with Crippen molar-refractivity contribution in [3.8, 4) is 0 Å². The molecule has 3 N–H and O–H groups in total. The SMILES string of the molecule is CCCC1CCN(c2ncccc2C(=N)N)CC1. The molecular formula is C14H22N4.